The Bertz CT molecular complexity index is 2180. The van der Waals surface area contributed by atoms with Gasteiger partial charge in [0.2, 0.25) is 0 Å². The van der Waals surface area contributed by atoms with Crippen LogP contribution in [0.1, 0.15) is 219 Å². The Balaban J connectivity index is 0.000000160. The van der Waals surface area contributed by atoms with Gasteiger partial charge in [-0.15, -0.1) is 0 Å². The third kappa shape index (κ3) is 6.47. The fraction of sp³-hybridized carbons (Fsp3) is 0.967. The first kappa shape index (κ1) is 53.8. The van der Waals surface area contributed by atoms with E-state index in [4.69, 9.17) is 9.47 Å². The maximum atomic E-state index is 13.2. The number of ether oxygens (including phenoxy) is 2. The van der Waals surface area contributed by atoms with Gasteiger partial charge >= 0.3 is 25.8 Å². The Labute approximate surface area is 450 Å². The molecule has 0 aromatic heterocycles. The van der Waals surface area contributed by atoms with Crippen molar-refractivity contribution in [3.63, 3.8) is 0 Å². The van der Waals surface area contributed by atoms with Crippen molar-refractivity contribution in [2.75, 3.05) is 0 Å². The van der Waals surface area contributed by atoms with Crippen molar-refractivity contribution >= 4 is 53.3 Å². The molecule has 0 radical (unpaired) electrons. The standard InChI is InChI=1S/C30H47BrO4.C30H48O4.In.3H/c1-24(2)19-8-9-20-27(6)15-18(32)22(28(7)11-10-21(35-28)25(3,4)34)26(27,5)12-13-29(20)16-30(19,29)14-17(31)23(24)33;1-24(2)19-8-9-20-27(6)16-18(31)23(28(7)12-11-22(34-28)25(3,4)33)26(27,5)14-15-30(20)17-29(19,30)13-10-21(24)32;;;;/h17-22,32,34H,8-16H2,1-7H3;18-20,22-23,31,33H,8-17H2,1-7H3;;;;/t17-,18+,19?,20?,21-,22?,26-,27+,28+,29+,30-;18-,19?,20?,22+,23?,26+,27-,28-,29+,30-;;;;/m10..../s1. The molecule has 2 heterocycles. The summed E-state index contributed by atoms with van der Waals surface area (Å²) in [7, 11) is 0. The molecule has 0 aromatic rings. The Kier molecular flexibility index (Phi) is 12.0. The van der Waals surface area contributed by atoms with E-state index in [-0.39, 0.29) is 105 Å². The van der Waals surface area contributed by atoms with E-state index in [1.54, 1.807) is 0 Å². The monoisotopic (exact) mass is 1140 g/mol. The molecule has 2 saturated heterocycles. The van der Waals surface area contributed by atoms with Gasteiger partial charge in [-0.2, -0.15) is 0 Å². The molecule has 10 aliphatic carbocycles. The van der Waals surface area contributed by atoms with Gasteiger partial charge in [-0.25, -0.2) is 0 Å². The van der Waals surface area contributed by atoms with E-state index in [0.717, 1.165) is 77.0 Å². The van der Waals surface area contributed by atoms with Gasteiger partial charge < -0.3 is 29.9 Å². The van der Waals surface area contributed by atoms with Crippen molar-refractivity contribution in [2.45, 2.75) is 271 Å². The molecule has 2 aliphatic heterocycles. The van der Waals surface area contributed by atoms with Crippen molar-refractivity contribution in [3.8, 4) is 0 Å². The predicted octanol–water partition coefficient (Wildman–Crippen LogP) is 10.5. The quantitative estimate of drug-likeness (QED) is 0.205. The number of carbonyl (C=O) groups excluding carboxylic acids is 2. The van der Waals surface area contributed by atoms with E-state index < -0.39 is 22.4 Å². The molecule has 0 bridgehead atoms. The number of fused-ring (bicyclic) bond motifs is 4. The number of hydrogen-bond donors (Lipinski definition) is 4. The van der Waals surface area contributed by atoms with Crippen LogP contribution in [0.5, 0.6) is 0 Å². The van der Waals surface area contributed by atoms with Gasteiger partial charge in [0, 0.05) is 29.1 Å². The molecule has 0 amide bonds. The first-order valence-electron chi connectivity index (χ1n) is 28.4. The zero-order valence-corrected chi connectivity index (χ0v) is 47.2. The maximum absolute atomic E-state index is 13.2. The van der Waals surface area contributed by atoms with Crippen molar-refractivity contribution in [2.24, 2.45) is 89.7 Å². The van der Waals surface area contributed by atoms with E-state index in [1.165, 1.54) is 44.9 Å². The van der Waals surface area contributed by atoms with E-state index in [9.17, 15) is 30.0 Å². The molecular formula is C60H98BrInO8. The van der Waals surface area contributed by atoms with Crippen LogP contribution in [-0.4, -0.2) is 109 Å². The first-order chi connectivity index (χ1) is 31.6. The molecule has 12 rings (SSSR count). The molecule has 10 heteroatoms. The van der Waals surface area contributed by atoms with Crippen LogP contribution >= 0.6 is 15.9 Å². The number of hydrogen-bond acceptors (Lipinski definition) is 8. The number of aliphatic hydroxyl groups excluding tert-OH is 2. The fourth-order valence-corrected chi connectivity index (χ4v) is 25.0. The predicted molar refractivity (Wildman–Crippen MR) is 282 cm³/mol. The average molecular weight is 1140 g/mol. The summed E-state index contributed by atoms with van der Waals surface area (Å²) in [5.74, 6) is 3.35. The molecule has 396 valence electrons. The molecule has 6 unspecified atom stereocenters. The van der Waals surface area contributed by atoms with Gasteiger partial charge in [-0.05, 0) is 224 Å². The van der Waals surface area contributed by atoms with E-state index in [0.29, 0.717) is 51.5 Å². The fourth-order valence-electron chi connectivity index (χ4n) is 23.8. The number of alkyl halides is 1. The summed E-state index contributed by atoms with van der Waals surface area (Å²) in [5, 5.41) is 44.8. The third-order valence-electron chi connectivity index (χ3n) is 27.1. The van der Waals surface area contributed by atoms with Crippen LogP contribution in [0.2, 0.25) is 0 Å². The first-order valence-corrected chi connectivity index (χ1v) is 29.4. The molecule has 12 aliphatic rings. The third-order valence-corrected chi connectivity index (χ3v) is 27.9. The van der Waals surface area contributed by atoms with E-state index in [1.807, 2.05) is 27.7 Å². The van der Waals surface area contributed by atoms with Crippen LogP contribution in [0.15, 0.2) is 0 Å². The number of rotatable bonds is 4. The Morgan fingerprint density at radius 1 is 0.500 bits per heavy atom. The zero-order valence-electron chi connectivity index (χ0n) is 45.6. The summed E-state index contributed by atoms with van der Waals surface area (Å²) in [4.78, 5) is 26.0. The van der Waals surface area contributed by atoms with Crippen molar-refractivity contribution < 1.29 is 39.5 Å². The van der Waals surface area contributed by atoms with Gasteiger partial charge in [0.05, 0.1) is 51.6 Å². The Hall–Kier alpha value is 0.450. The van der Waals surface area contributed by atoms with Crippen LogP contribution in [0.3, 0.4) is 0 Å². The second-order valence-corrected chi connectivity index (χ2v) is 32.2. The molecular weight excluding hydrogens is 1040 g/mol. The van der Waals surface area contributed by atoms with Gasteiger partial charge in [-0.1, -0.05) is 71.3 Å². The van der Waals surface area contributed by atoms with Gasteiger partial charge in [-0.3, -0.25) is 9.59 Å². The molecule has 70 heavy (non-hydrogen) atoms. The SMILES string of the molecule is CC1(C)C(=O)CC[C@]23C[C@]24CC[C@]2(C)C([C@]5(C)CC[C@H](C(C)(C)O)O5)[C@@H](O)C[C@@]2(C)C4CCC13.CC1(C)C(=O)[C@H](Br)C[C@]23C[C@]24CC[C@]2(C)C([C@]5(C)CC[C@H](C(C)(C)O)O5)[C@@H](O)C[C@@]2(C)C4CCC13.[InH3]. The van der Waals surface area contributed by atoms with Crippen LogP contribution in [-0.2, 0) is 19.1 Å². The summed E-state index contributed by atoms with van der Waals surface area (Å²) in [6, 6.07) is 0. The number of aliphatic hydroxyl groups is 4. The summed E-state index contributed by atoms with van der Waals surface area (Å²) in [6.45, 7) is 30.7. The molecule has 21 atom stereocenters. The molecule has 8 nitrogen and oxygen atoms in total. The topological polar surface area (TPSA) is 134 Å². The van der Waals surface area contributed by atoms with Gasteiger partial charge in [0.25, 0.3) is 0 Å². The number of ketones is 2. The molecule has 0 aromatic carbocycles. The molecule has 10 saturated carbocycles. The second kappa shape index (κ2) is 15.6. The summed E-state index contributed by atoms with van der Waals surface area (Å²) in [6.07, 6.45) is 19.1. The normalized spacial score (nSPS) is 57.6. The zero-order chi connectivity index (χ0) is 50.4. The number of Topliss-reactive ketones (excluding diaryl/α,β-unsaturated/α-hetero) is 2. The van der Waals surface area contributed by atoms with Crippen LogP contribution in [0.25, 0.3) is 0 Å². The summed E-state index contributed by atoms with van der Waals surface area (Å²) >= 11 is 3.81. The van der Waals surface area contributed by atoms with Crippen LogP contribution < -0.4 is 0 Å². The van der Waals surface area contributed by atoms with Crippen LogP contribution in [0.4, 0.5) is 0 Å². The summed E-state index contributed by atoms with van der Waals surface area (Å²) < 4.78 is 13.4. The minimum atomic E-state index is -0.863. The average Bonchev–Trinajstić information content (AvgIpc) is 3.81. The Morgan fingerprint density at radius 3 is 1.31 bits per heavy atom. The van der Waals surface area contributed by atoms with E-state index >= 15 is 0 Å². The molecule has 4 N–H and O–H groups in total. The number of halogens is 1. The van der Waals surface area contributed by atoms with Crippen LogP contribution in [0, 0.1) is 89.7 Å². The van der Waals surface area contributed by atoms with Crippen molar-refractivity contribution in [1.29, 1.82) is 0 Å². The van der Waals surface area contributed by atoms with Gasteiger partial charge in [0.1, 0.15) is 5.78 Å². The van der Waals surface area contributed by atoms with E-state index in [2.05, 4.69) is 85.2 Å². The molecule has 12 fully saturated rings. The van der Waals surface area contributed by atoms with Crippen molar-refractivity contribution in [3.05, 3.63) is 0 Å². The number of carbonyl (C=O) groups is 2. The summed E-state index contributed by atoms with van der Waals surface area (Å²) in [5.41, 5.74) is -1.39. The molecule has 4 spiro atoms. The second-order valence-electron chi connectivity index (χ2n) is 31.1. The van der Waals surface area contributed by atoms with Crippen molar-refractivity contribution in [1.82, 2.24) is 0 Å². The van der Waals surface area contributed by atoms with Gasteiger partial charge in [0.15, 0.2) is 5.78 Å². The minimum absolute atomic E-state index is 0. The Morgan fingerprint density at radius 2 is 0.886 bits per heavy atom.